The number of sulfonamides is 1. The van der Waals surface area contributed by atoms with Gasteiger partial charge in [0.25, 0.3) is 10.0 Å². The highest BCUT2D eigenvalue weighted by atomic mass is 35.5. The number of hydrogen-bond donors (Lipinski definition) is 3. The number of alkyl halides is 2. The van der Waals surface area contributed by atoms with E-state index in [9.17, 15) is 35.9 Å². The Kier molecular flexibility index (Phi) is 5.30. The van der Waals surface area contributed by atoms with Crippen molar-refractivity contribution in [2.24, 2.45) is 0 Å². The molecule has 28 heavy (non-hydrogen) atoms. The molecule has 0 saturated heterocycles. The maximum absolute atomic E-state index is 14.1. The fourth-order valence-corrected chi connectivity index (χ4v) is 5.41. The normalized spacial score (nSPS) is 12.1. The van der Waals surface area contributed by atoms with Crippen molar-refractivity contribution in [3.8, 4) is 0 Å². The summed E-state index contributed by atoms with van der Waals surface area (Å²) in [6.45, 7) is 0. The molecule has 0 aliphatic heterocycles. The number of H-pyrrole nitrogens is 1. The first-order chi connectivity index (χ1) is 13.0. The Morgan fingerprint density at radius 3 is 2.54 bits per heavy atom. The van der Waals surface area contributed by atoms with Crippen LogP contribution in [0.25, 0.3) is 10.2 Å². The molecule has 0 spiro atoms. The van der Waals surface area contributed by atoms with Crippen molar-refractivity contribution in [3.63, 3.8) is 0 Å². The fraction of sp³-hybridized carbons (Fsp3) is 0.133. The summed E-state index contributed by atoms with van der Waals surface area (Å²) in [5.74, 6) is -4.14. The maximum atomic E-state index is 14.1. The highest BCUT2D eigenvalue weighted by molar-refractivity contribution is 7.93. The van der Waals surface area contributed by atoms with E-state index in [-0.39, 0.29) is 14.6 Å². The number of aromatic nitrogens is 1. The van der Waals surface area contributed by atoms with Crippen molar-refractivity contribution >= 4 is 54.8 Å². The predicted octanol–water partition coefficient (Wildman–Crippen LogP) is 4.47. The van der Waals surface area contributed by atoms with Gasteiger partial charge in [-0.2, -0.15) is 0 Å². The zero-order valence-corrected chi connectivity index (χ0v) is 15.8. The third kappa shape index (κ3) is 3.80. The van der Waals surface area contributed by atoms with Gasteiger partial charge in [0.1, 0.15) is 22.2 Å². The number of fused-ring (bicyclic) bond motifs is 1. The van der Waals surface area contributed by atoms with Gasteiger partial charge in [0.05, 0.1) is 20.2 Å². The maximum Gasteiger partial charge on any atom is 0.353 e. The smallest absolute Gasteiger partial charge is 0.353 e. The molecule has 2 heterocycles. The second kappa shape index (κ2) is 7.26. The average Bonchev–Trinajstić information content (AvgIpc) is 3.07. The van der Waals surface area contributed by atoms with Gasteiger partial charge in [-0.15, -0.1) is 11.3 Å². The minimum Gasteiger partial charge on any atom is -0.477 e. The molecule has 0 fully saturated rings. The second-order valence-electron chi connectivity index (χ2n) is 5.55. The molecular weight excluding hydrogens is 448 g/mol. The lowest BCUT2D eigenvalue weighted by Crippen LogP contribution is -2.17. The number of carboxylic acids is 1. The van der Waals surface area contributed by atoms with Gasteiger partial charge in [0.15, 0.2) is 0 Å². The Balaban J connectivity index is 2.08. The van der Waals surface area contributed by atoms with E-state index < -0.39 is 62.3 Å². The SMILES string of the molecule is O=C(O)c1[nH]c2cc(Cl)sc2c1S(=O)(=O)Nc1cc(F)c(CC(F)F)cc1F. The monoisotopic (exact) mass is 456 g/mol. The quantitative estimate of drug-likeness (QED) is 0.476. The van der Waals surface area contributed by atoms with E-state index in [1.807, 2.05) is 0 Å². The molecule has 0 atom stereocenters. The Bertz CT molecular complexity index is 1190. The van der Waals surface area contributed by atoms with Crippen LogP contribution in [0.3, 0.4) is 0 Å². The second-order valence-corrected chi connectivity index (χ2v) is 8.85. The predicted molar refractivity (Wildman–Crippen MR) is 95.0 cm³/mol. The zero-order valence-electron chi connectivity index (χ0n) is 13.4. The number of aromatic amines is 1. The van der Waals surface area contributed by atoms with Crippen molar-refractivity contribution < 1.29 is 35.9 Å². The van der Waals surface area contributed by atoms with Crippen LogP contribution < -0.4 is 4.72 Å². The first kappa shape index (κ1) is 20.4. The summed E-state index contributed by atoms with van der Waals surface area (Å²) in [7, 11) is -4.70. The van der Waals surface area contributed by atoms with Gasteiger partial charge in [-0.05, 0) is 17.7 Å². The summed E-state index contributed by atoms with van der Waals surface area (Å²) in [5.41, 5.74) is -2.05. The molecule has 0 aliphatic carbocycles. The van der Waals surface area contributed by atoms with Gasteiger partial charge in [-0.25, -0.2) is 30.8 Å². The molecular formula is C15H9ClF4N2O4S2. The number of benzene rings is 1. The molecule has 0 aliphatic rings. The molecule has 3 N–H and O–H groups in total. The molecule has 0 bridgehead atoms. The number of halogens is 5. The van der Waals surface area contributed by atoms with Gasteiger partial charge < -0.3 is 10.1 Å². The lowest BCUT2D eigenvalue weighted by atomic mass is 10.1. The van der Waals surface area contributed by atoms with Gasteiger partial charge in [-0.1, -0.05) is 11.6 Å². The molecule has 1 aromatic carbocycles. The van der Waals surface area contributed by atoms with Crippen LogP contribution in [-0.2, 0) is 16.4 Å². The minimum absolute atomic E-state index is 0.0231. The van der Waals surface area contributed by atoms with E-state index in [2.05, 4.69) is 4.98 Å². The van der Waals surface area contributed by atoms with E-state index >= 15 is 0 Å². The largest absolute Gasteiger partial charge is 0.477 e. The first-order valence-corrected chi connectivity index (χ1v) is 10.0. The summed E-state index contributed by atoms with van der Waals surface area (Å²) in [5, 5.41) is 9.25. The van der Waals surface area contributed by atoms with E-state index in [4.69, 9.17) is 11.6 Å². The van der Waals surface area contributed by atoms with Crippen molar-refractivity contribution in [2.45, 2.75) is 17.7 Å². The summed E-state index contributed by atoms with van der Waals surface area (Å²) in [4.78, 5) is 13.1. The summed E-state index contributed by atoms with van der Waals surface area (Å²) in [6, 6.07) is 2.18. The van der Waals surface area contributed by atoms with Crippen LogP contribution in [0.5, 0.6) is 0 Å². The summed E-state index contributed by atoms with van der Waals surface area (Å²) >= 11 is 6.58. The molecule has 3 aromatic rings. The Morgan fingerprint density at radius 2 is 1.93 bits per heavy atom. The molecule has 0 unspecified atom stereocenters. The standard InChI is InChI=1S/C15H9ClF4N2O4S2/c16-10-4-9-13(27-10)14(12(21-9)15(23)24)28(25,26)22-8-3-6(17)5(1-7(8)18)2-11(19)20/h1,3-4,11,21-22H,2H2,(H,23,24). The van der Waals surface area contributed by atoms with E-state index in [0.717, 1.165) is 11.3 Å². The molecule has 150 valence electrons. The van der Waals surface area contributed by atoms with Crippen LogP contribution >= 0.6 is 22.9 Å². The first-order valence-electron chi connectivity index (χ1n) is 7.32. The van der Waals surface area contributed by atoms with Crippen molar-refractivity contribution in [1.29, 1.82) is 0 Å². The van der Waals surface area contributed by atoms with Gasteiger partial charge in [-0.3, -0.25) is 4.72 Å². The molecule has 0 saturated carbocycles. The number of thiophene rings is 1. The molecule has 0 amide bonds. The van der Waals surface area contributed by atoms with Gasteiger partial charge >= 0.3 is 5.97 Å². The highest BCUT2D eigenvalue weighted by Gasteiger charge is 2.30. The van der Waals surface area contributed by atoms with E-state index in [0.29, 0.717) is 12.1 Å². The molecule has 2 aromatic heterocycles. The number of nitrogens with one attached hydrogen (secondary N) is 2. The summed E-state index contributed by atoms with van der Waals surface area (Å²) < 4.78 is 80.2. The van der Waals surface area contributed by atoms with Crippen LogP contribution in [0.4, 0.5) is 23.2 Å². The third-order valence-corrected chi connectivity index (χ3v) is 6.48. The van der Waals surface area contributed by atoms with Crippen LogP contribution in [0, 0.1) is 11.6 Å². The number of carbonyl (C=O) groups is 1. The number of rotatable bonds is 6. The number of hydrogen-bond acceptors (Lipinski definition) is 4. The number of carboxylic acid groups (broad SMARTS) is 1. The topological polar surface area (TPSA) is 99.3 Å². The lowest BCUT2D eigenvalue weighted by molar-refractivity contribution is 0.0687. The van der Waals surface area contributed by atoms with Crippen molar-refractivity contribution in [2.75, 3.05) is 4.72 Å². The Hall–Kier alpha value is -2.31. The summed E-state index contributed by atoms with van der Waals surface area (Å²) in [6.07, 6.45) is -3.98. The fourth-order valence-electron chi connectivity index (χ4n) is 2.52. The van der Waals surface area contributed by atoms with Crippen LogP contribution in [0.2, 0.25) is 4.34 Å². The van der Waals surface area contributed by atoms with Crippen LogP contribution in [0.15, 0.2) is 23.1 Å². The average molecular weight is 457 g/mol. The van der Waals surface area contributed by atoms with Gasteiger partial charge in [0, 0.05) is 12.5 Å². The van der Waals surface area contributed by atoms with Crippen molar-refractivity contribution in [1.82, 2.24) is 4.98 Å². The van der Waals surface area contributed by atoms with Gasteiger partial charge in [0.2, 0.25) is 6.43 Å². The molecule has 0 radical (unpaired) electrons. The molecule has 6 nitrogen and oxygen atoms in total. The molecule has 13 heteroatoms. The minimum atomic E-state index is -4.70. The highest BCUT2D eigenvalue weighted by Crippen LogP contribution is 2.37. The zero-order chi connectivity index (χ0) is 20.8. The molecule has 3 rings (SSSR count). The van der Waals surface area contributed by atoms with Crippen molar-refractivity contribution in [3.05, 3.63) is 45.4 Å². The van der Waals surface area contributed by atoms with E-state index in [1.165, 1.54) is 6.07 Å². The number of anilines is 1. The lowest BCUT2D eigenvalue weighted by Gasteiger charge is -2.11. The van der Waals surface area contributed by atoms with Crippen LogP contribution in [0.1, 0.15) is 16.1 Å². The Morgan fingerprint density at radius 1 is 1.25 bits per heavy atom. The van der Waals surface area contributed by atoms with E-state index in [1.54, 1.807) is 4.72 Å². The third-order valence-electron chi connectivity index (χ3n) is 3.63. The van der Waals surface area contributed by atoms with Crippen LogP contribution in [-0.4, -0.2) is 30.9 Å². The Labute approximate surface area is 163 Å². The number of aromatic carboxylic acids is 1.